The van der Waals surface area contributed by atoms with Crippen molar-refractivity contribution >= 4 is 10.9 Å². The van der Waals surface area contributed by atoms with Crippen molar-refractivity contribution in [3.05, 3.63) is 35.0 Å². The molecule has 0 aliphatic rings. The number of aryl methyl sites for hydroxylation is 2. The van der Waals surface area contributed by atoms with Crippen molar-refractivity contribution in [3.63, 3.8) is 0 Å². The third kappa shape index (κ3) is 1.74. The van der Waals surface area contributed by atoms with Crippen LogP contribution in [0.25, 0.3) is 10.9 Å². The quantitative estimate of drug-likeness (QED) is 0.839. The fourth-order valence-electron chi connectivity index (χ4n) is 1.93. The summed E-state index contributed by atoms with van der Waals surface area (Å²) in [4.78, 5) is 4.50. The first-order valence-electron chi connectivity index (χ1n) is 5.21. The zero-order chi connectivity index (χ0) is 11.7. The summed E-state index contributed by atoms with van der Waals surface area (Å²) in [6.45, 7) is 3.97. The summed E-state index contributed by atoms with van der Waals surface area (Å²) >= 11 is 0. The van der Waals surface area contributed by atoms with Crippen LogP contribution in [0.5, 0.6) is 5.75 Å². The first-order chi connectivity index (χ1) is 7.65. The van der Waals surface area contributed by atoms with Gasteiger partial charge in [-0.25, -0.2) is 0 Å². The van der Waals surface area contributed by atoms with Gasteiger partial charge in [0.25, 0.3) is 0 Å². The van der Waals surface area contributed by atoms with Crippen LogP contribution in [-0.4, -0.2) is 17.2 Å². The van der Waals surface area contributed by atoms with E-state index in [0.29, 0.717) is 0 Å². The lowest BCUT2D eigenvalue weighted by molar-refractivity contribution is 0.282. The molecule has 84 valence electrons. The molecule has 3 nitrogen and oxygen atoms in total. The molecular weight excluding hydrogens is 202 g/mol. The van der Waals surface area contributed by atoms with E-state index in [-0.39, 0.29) is 6.61 Å². The second-order valence-corrected chi connectivity index (χ2v) is 3.93. The Labute approximate surface area is 94.7 Å². The summed E-state index contributed by atoms with van der Waals surface area (Å²) in [5, 5.41) is 10.1. The maximum absolute atomic E-state index is 9.18. The number of fused-ring (bicyclic) bond motifs is 1. The number of ether oxygens (including phenoxy) is 1. The van der Waals surface area contributed by atoms with Crippen LogP contribution in [0.3, 0.4) is 0 Å². The van der Waals surface area contributed by atoms with Crippen molar-refractivity contribution in [1.29, 1.82) is 0 Å². The number of aliphatic hydroxyl groups is 1. The minimum Gasteiger partial charge on any atom is -0.496 e. The van der Waals surface area contributed by atoms with Crippen LogP contribution in [-0.2, 0) is 6.61 Å². The number of hydrogen-bond acceptors (Lipinski definition) is 3. The number of hydrogen-bond donors (Lipinski definition) is 1. The first-order valence-corrected chi connectivity index (χ1v) is 5.21. The van der Waals surface area contributed by atoms with Crippen molar-refractivity contribution in [2.24, 2.45) is 0 Å². The van der Waals surface area contributed by atoms with Crippen LogP contribution in [0.15, 0.2) is 18.2 Å². The summed E-state index contributed by atoms with van der Waals surface area (Å²) in [6, 6.07) is 5.78. The van der Waals surface area contributed by atoms with Crippen molar-refractivity contribution in [1.82, 2.24) is 4.98 Å². The summed E-state index contributed by atoms with van der Waals surface area (Å²) in [5.74, 6) is 0.806. The second-order valence-electron chi connectivity index (χ2n) is 3.93. The van der Waals surface area contributed by atoms with E-state index >= 15 is 0 Å². The normalized spacial score (nSPS) is 10.8. The molecule has 0 amide bonds. The number of methoxy groups -OCH3 is 1. The van der Waals surface area contributed by atoms with Gasteiger partial charge in [0.1, 0.15) is 5.75 Å². The molecule has 0 saturated heterocycles. The van der Waals surface area contributed by atoms with Gasteiger partial charge in [-0.3, -0.25) is 4.98 Å². The fraction of sp³-hybridized carbons (Fsp3) is 0.308. The maximum Gasteiger partial charge on any atom is 0.130 e. The number of aromatic nitrogens is 1. The zero-order valence-electron chi connectivity index (χ0n) is 9.74. The summed E-state index contributed by atoms with van der Waals surface area (Å²) in [5.41, 5.74) is 3.82. The lowest BCUT2D eigenvalue weighted by Crippen LogP contribution is -1.94. The maximum atomic E-state index is 9.18. The number of nitrogens with zero attached hydrogens (tertiary/aromatic N) is 1. The van der Waals surface area contributed by atoms with E-state index in [1.807, 2.05) is 32.0 Å². The molecule has 0 unspecified atom stereocenters. The molecule has 0 atom stereocenters. The van der Waals surface area contributed by atoms with E-state index in [4.69, 9.17) is 4.74 Å². The Morgan fingerprint density at radius 1 is 1.25 bits per heavy atom. The Balaban J connectivity index is 2.83. The van der Waals surface area contributed by atoms with Crippen LogP contribution in [0, 0.1) is 13.8 Å². The molecule has 1 aromatic carbocycles. The van der Waals surface area contributed by atoms with Gasteiger partial charge in [-0.2, -0.15) is 0 Å². The van der Waals surface area contributed by atoms with E-state index in [1.54, 1.807) is 7.11 Å². The third-order valence-corrected chi connectivity index (χ3v) is 2.66. The molecule has 16 heavy (non-hydrogen) atoms. The number of pyridine rings is 1. The van der Waals surface area contributed by atoms with Crippen molar-refractivity contribution in [2.45, 2.75) is 20.5 Å². The molecule has 1 heterocycles. The molecule has 2 aromatic rings. The highest BCUT2D eigenvalue weighted by Crippen LogP contribution is 2.28. The molecule has 0 fully saturated rings. The summed E-state index contributed by atoms with van der Waals surface area (Å²) in [7, 11) is 1.65. The standard InChI is InChI=1S/C13H15NO2/c1-8-4-10(7-15)6-11-12(16-3)5-9(2)14-13(8)11/h4-6,15H,7H2,1-3H3. The van der Waals surface area contributed by atoms with E-state index < -0.39 is 0 Å². The molecule has 1 aromatic heterocycles. The summed E-state index contributed by atoms with van der Waals surface area (Å²) < 4.78 is 5.34. The lowest BCUT2D eigenvalue weighted by atomic mass is 10.1. The molecule has 0 aliphatic carbocycles. The van der Waals surface area contributed by atoms with Crippen LogP contribution in [0.4, 0.5) is 0 Å². The number of benzene rings is 1. The fourth-order valence-corrected chi connectivity index (χ4v) is 1.93. The highest BCUT2D eigenvalue weighted by Gasteiger charge is 2.08. The highest BCUT2D eigenvalue weighted by atomic mass is 16.5. The topological polar surface area (TPSA) is 42.4 Å². The van der Waals surface area contributed by atoms with E-state index in [0.717, 1.165) is 33.5 Å². The van der Waals surface area contributed by atoms with Gasteiger partial charge in [0.2, 0.25) is 0 Å². The molecule has 0 aliphatic heterocycles. The number of aliphatic hydroxyl groups excluding tert-OH is 1. The molecular formula is C13H15NO2. The van der Waals surface area contributed by atoms with Crippen LogP contribution in [0.1, 0.15) is 16.8 Å². The Morgan fingerprint density at radius 2 is 2.00 bits per heavy atom. The third-order valence-electron chi connectivity index (χ3n) is 2.66. The monoisotopic (exact) mass is 217 g/mol. The Kier molecular flexibility index (Phi) is 2.79. The van der Waals surface area contributed by atoms with Gasteiger partial charge in [-0.1, -0.05) is 6.07 Å². The van der Waals surface area contributed by atoms with E-state index in [9.17, 15) is 5.11 Å². The van der Waals surface area contributed by atoms with Crippen molar-refractivity contribution in [3.8, 4) is 5.75 Å². The smallest absolute Gasteiger partial charge is 0.130 e. The molecule has 0 spiro atoms. The van der Waals surface area contributed by atoms with Crippen molar-refractivity contribution < 1.29 is 9.84 Å². The van der Waals surface area contributed by atoms with E-state index in [1.165, 1.54) is 0 Å². The van der Waals surface area contributed by atoms with Gasteiger partial charge in [0.15, 0.2) is 0 Å². The molecule has 0 radical (unpaired) electrons. The SMILES string of the molecule is COc1cc(C)nc2c(C)cc(CO)cc12. The molecule has 1 N–H and O–H groups in total. The first kappa shape index (κ1) is 10.9. The van der Waals surface area contributed by atoms with Crippen molar-refractivity contribution in [2.75, 3.05) is 7.11 Å². The predicted molar refractivity (Wildman–Crippen MR) is 63.7 cm³/mol. The second kappa shape index (κ2) is 4.10. The predicted octanol–water partition coefficient (Wildman–Crippen LogP) is 2.35. The highest BCUT2D eigenvalue weighted by molar-refractivity contribution is 5.88. The van der Waals surface area contributed by atoms with Gasteiger partial charge in [0.05, 0.1) is 19.2 Å². The van der Waals surface area contributed by atoms with E-state index in [2.05, 4.69) is 4.98 Å². The van der Waals surface area contributed by atoms with Crippen LogP contribution < -0.4 is 4.74 Å². The minimum absolute atomic E-state index is 0.0355. The minimum atomic E-state index is 0.0355. The van der Waals surface area contributed by atoms with Crippen LogP contribution in [0.2, 0.25) is 0 Å². The lowest BCUT2D eigenvalue weighted by Gasteiger charge is -2.10. The molecule has 0 bridgehead atoms. The largest absolute Gasteiger partial charge is 0.496 e. The molecule has 2 rings (SSSR count). The van der Waals surface area contributed by atoms with Gasteiger partial charge in [-0.15, -0.1) is 0 Å². The number of rotatable bonds is 2. The summed E-state index contributed by atoms with van der Waals surface area (Å²) in [6.07, 6.45) is 0. The Hall–Kier alpha value is -1.61. The van der Waals surface area contributed by atoms with Gasteiger partial charge < -0.3 is 9.84 Å². The van der Waals surface area contributed by atoms with Crippen LogP contribution >= 0.6 is 0 Å². The average Bonchev–Trinajstić information content (AvgIpc) is 2.28. The molecule has 3 heteroatoms. The Bertz CT molecular complexity index is 535. The Morgan fingerprint density at radius 3 is 2.62 bits per heavy atom. The van der Waals surface area contributed by atoms with Gasteiger partial charge in [-0.05, 0) is 31.0 Å². The van der Waals surface area contributed by atoms with Gasteiger partial charge >= 0.3 is 0 Å². The molecule has 0 saturated carbocycles. The zero-order valence-corrected chi connectivity index (χ0v) is 9.74. The van der Waals surface area contributed by atoms with Gasteiger partial charge in [0, 0.05) is 17.1 Å². The average molecular weight is 217 g/mol.